The fraction of sp³-hybridized carbons (Fsp3) is 0.333. The van der Waals surface area contributed by atoms with Crippen LogP contribution >= 0.6 is 12.4 Å². The van der Waals surface area contributed by atoms with Crippen LogP contribution in [0.2, 0.25) is 0 Å². The minimum Gasteiger partial charge on any atom is -0.481 e. The number of fused-ring (bicyclic) bond motifs is 1. The van der Waals surface area contributed by atoms with E-state index in [9.17, 15) is 9.18 Å². The lowest BCUT2D eigenvalue weighted by atomic mass is 10.1. The van der Waals surface area contributed by atoms with Crippen molar-refractivity contribution < 1.29 is 14.3 Å². The first-order valence-corrected chi connectivity index (χ1v) is 4.02. The summed E-state index contributed by atoms with van der Waals surface area (Å²) in [5, 5.41) is 8.73. The summed E-state index contributed by atoms with van der Waals surface area (Å²) in [4.78, 5) is 14.3. The highest BCUT2D eigenvalue weighted by Crippen LogP contribution is 2.27. The number of carboxylic acid groups (broad SMARTS) is 1. The lowest BCUT2D eigenvalue weighted by Crippen LogP contribution is -2.13. The van der Waals surface area contributed by atoms with Gasteiger partial charge in [0, 0.05) is 6.20 Å². The monoisotopic (exact) mass is 217 g/mol. The average Bonchev–Trinajstić information content (AvgIpc) is 2.49. The lowest BCUT2D eigenvalue weighted by molar-refractivity contribution is -0.141. The van der Waals surface area contributed by atoms with E-state index < -0.39 is 11.9 Å². The van der Waals surface area contributed by atoms with Gasteiger partial charge in [-0.25, -0.2) is 4.39 Å². The van der Waals surface area contributed by atoms with Crippen molar-refractivity contribution in [2.45, 2.75) is 12.8 Å². The van der Waals surface area contributed by atoms with Crippen molar-refractivity contribution in [1.29, 1.82) is 0 Å². The van der Waals surface area contributed by atoms with Crippen LogP contribution in [0.3, 0.4) is 0 Å². The zero-order chi connectivity index (χ0) is 9.42. The highest BCUT2D eigenvalue weighted by atomic mass is 35.5. The van der Waals surface area contributed by atoms with Gasteiger partial charge in [-0.3, -0.25) is 9.78 Å². The summed E-state index contributed by atoms with van der Waals surface area (Å²) >= 11 is 0. The van der Waals surface area contributed by atoms with Crippen LogP contribution < -0.4 is 0 Å². The number of aromatic nitrogens is 1. The molecule has 1 aromatic heterocycles. The number of carbonyl (C=O) groups is 1. The normalized spacial score (nSPS) is 18.5. The molecule has 0 aliphatic heterocycles. The number of hydrogen-bond donors (Lipinski definition) is 1. The van der Waals surface area contributed by atoms with Crippen molar-refractivity contribution in [3.05, 3.63) is 29.3 Å². The van der Waals surface area contributed by atoms with E-state index in [1.165, 1.54) is 0 Å². The molecule has 0 radical (unpaired) electrons. The van der Waals surface area contributed by atoms with Crippen molar-refractivity contribution in [3.63, 3.8) is 0 Å². The molecule has 1 aromatic rings. The third kappa shape index (κ3) is 1.70. The molecule has 1 N–H and O–H groups in total. The Hall–Kier alpha value is -1.16. The van der Waals surface area contributed by atoms with Gasteiger partial charge in [-0.05, 0) is 24.0 Å². The summed E-state index contributed by atoms with van der Waals surface area (Å²) in [5.74, 6) is -1.73. The van der Waals surface area contributed by atoms with Gasteiger partial charge in [0.1, 0.15) is 5.82 Å². The molecule has 3 nitrogen and oxygen atoms in total. The van der Waals surface area contributed by atoms with Crippen LogP contribution in [0.25, 0.3) is 0 Å². The maximum Gasteiger partial charge on any atom is 0.307 e. The van der Waals surface area contributed by atoms with Crippen LogP contribution in [-0.2, 0) is 17.6 Å². The molecule has 0 saturated heterocycles. The second-order valence-corrected chi connectivity index (χ2v) is 3.20. The molecule has 1 unspecified atom stereocenters. The number of hydrogen-bond acceptors (Lipinski definition) is 2. The third-order valence-corrected chi connectivity index (χ3v) is 2.36. The smallest absolute Gasteiger partial charge is 0.307 e. The van der Waals surface area contributed by atoms with Gasteiger partial charge < -0.3 is 5.11 Å². The maximum absolute atomic E-state index is 13.1. The summed E-state index contributed by atoms with van der Waals surface area (Å²) in [7, 11) is 0. The molecule has 2 rings (SSSR count). The van der Waals surface area contributed by atoms with Crippen molar-refractivity contribution in [3.8, 4) is 0 Å². The van der Waals surface area contributed by atoms with Gasteiger partial charge in [-0.15, -0.1) is 12.4 Å². The van der Waals surface area contributed by atoms with Crippen molar-refractivity contribution in [1.82, 2.24) is 4.98 Å². The third-order valence-electron chi connectivity index (χ3n) is 2.36. The second-order valence-electron chi connectivity index (χ2n) is 3.20. The lowest BCUT2D eigenvalue weighted by Gasteiger charge is -1.98. The van der Waals surface area contributed by atoms with Gasteiger partial charge in [0.05, 0.1) is 12.1 Å². The first-order chi connectivity index (χ1) is 6.18. The standard InChI is InChI=1S/C9H8FNO2.ClH/c10-8-4-11-3-6-1-5(9(12)13)2-7(6)8;/h3-5H,1-2H2,(H,12,13);1H. The fourth-order valence-corrected chi connectivity index (χ4v) is 1.67. The zero-order valence-corrected chi connectivity index (χ0v) is 8.05. The Kier molecular flexibility index (Phi) is 3.06. The number of nitrogens with zero attached hydrogens (tertiary/aromatic N) is 1. The summed E-state index contributed by atoms with van der Waals surface area (Å²) < 4.78 is 13.1. The zero-order valence-electron chi connectivity index (χ0n) is 7.24. The minimum atomic E-state index is -0.865. The molecule has 5 heteroatoms. The highest BCUT2D eigenvalue weighted by Gasteiger charge is 2.29. The molecule has 0 saturated carbocycles. The molecular weight excluding hydrogens is 209 g/mol. The number of halogens is 2. The van der Waals surface area contributed by atoms with Gasteiger partial charge in [0.15, 0.2) is 0 Å². The van der Waals surface area contributed by atoms with Crippen LogP contribution in [-0.4, -0.2) is 16.1 Å². The molecule has 76 valence electrons. The summed E-state index contributed by atoms with van der Waals surface area (Å²) in [6.45, 7) is 0. The Morgan fingerprint density at radius 2 is 2.21 bits per heavy atom. The first kappa shape index (κ1) is 10.9. The molecule has 14 heavy (non-hydrogen) atoms. The Morgan fingerprint density at radius 1 is 1.50 bits per heavy atom. The molecule has 0 amide bonds. The molecule has 0 spiro atoms. The molecule has 1 aliphatic rings. The highest BCUT2D eigenvalue weighted by molar-refractivity contribution is 5.85. The number of pyridine rings is 1. The van der Waals surface area contributed by atoms with Gasteiger partial charge >= 0.3 is 5.97 Å². The molecule has 1 atom stereocenters. The predicted octanol–water partition coefficient (Wildman–Crippen LogP) is 1.44. The van der Waals surface area contributed by atoms with Gasteiger partial charge in [-0.2, -0.15) is 0 Å². The van der Waals surface area contributed by atoms with Crippen molar-refractivity contribution >= 4 is 18.4 Å². The molecule has 0 bridgehead atoms. The number of rotatable bonds is 1. The SMILES string of the molecule is Cl.O=C(O)C1Cc2cncc(F)c2C1. The molecule has 0 fully saturated rings. The predicted molar refractivity (Wildman–Crippen MR) is 50.0 cm³/mol. The van der Waals surface area contributed by atoms with E-state index in [0.717, 1.165) is 11.8 Å². The Labute approximate surface area is 86.4 Å². The molecular formula is C9H9ClFNO2. The van der Waals surface area contributed by atoms with E-state index in [-0.39, 0.29) is 18.2 Å². The topological polar surface area (TPSA) is 50.2 Å². The largest absolute Gasteiger partial charge is 0.481 e. The van der Waals surface area contributed by atoms with E-state index in [2.05, 4.69) is 4.98 Å². The average molecular weight is 218 g/mol. The Morgan fingerprint density at radius 3 is 2.79 bits per heavy atom. The minimum absolute atomic E-state index is 0. The van der Waals surface area contributed by atoms with Crippen molar-refractivity contribution in [2.75, 3.05) is 0 Å². The second kappa shape index (κ2) is 3.92. The van der Waals surface area contributed by atoms with E-state index in [0.29, 0.717) is 18.4 Å². The summed E-state index contributed by atoms with van der Waals surface area (Å²) in [5.41, 5.74) is 1.25. The van der Waals surface area contributed by atoms with Crippen LogP contribution in [0.5, 0.6) is 0 Å². The number of carboxylic acids is 1. The quantitative estimate of drug-likeness (QED) is 0.775. The van der Waals surface area contributed by atoms with Gasteiger partial charge in [0.2, 0.25) is 0 Å². The van der Waals surface area contributed by atoms with Crippen molar-refractivity contribution in [2.24, 2.45) is 5.92 Å². The summed E-state index contributed by atoms with van der Waals surface area (Å²) in [6.07, 6.45) is 3.36. The molecule has 0 aromatic carbocycles. The summed E-state index contributed by atoms with van der Waals surface area (Å²) in [6, 6.07) is 0. The number of aliphatic carboxylic acids is 1. The fourth-order valence-electron chi connectivity index (χ4n) is 1.67. The van der Waals surface area contributed by atoms with Crippen LogP contribution in [0.15, 0.2) is 12.4 Å². The van der Waals surface area contributed by atoms with Gasteiger partial charge in [0.25, 0.3) is 0 Å². The molecule has 1 heterocycles. The van der Waals surface area contributed by atoms with Crippen LogP contribution in [0, 0.1) is 11.7 Å². The maximum atomic E-state index is 13.1. The van der Waals surface area contributed by atoms with E-state index in [4.69, 9.17) is 5.11 Å². The Balaban J connectivity index is 0.000000980. The van der Waals surface area contributed by atoms with E-state index >= 15 is 0 Å². The Bertz CT molecular complexity index is 370. The van der Waals surface area contributed by atoms with E-state index in [1.54, 1.807) is 6.20 Å². The van der Waals surface area contributed by atoms with E-state index in [1.807, 2.05) is 0 Å². The van der Waals surface area contributed by atoms with Crippen LogP contribution in [0.1, 0.15) is 11.1 Å². The van der Waals surface area contributed by atoms with Gasteiger partial charge in [-0.1, -0.05) is 0 Å². The van der Waals surface area contributed by atoms with Crippen LogP contribution in [0.4, 0.5) is 4.39 Å². The molecule has 1 aliphatic carbocycles. The first-order valence-electron chi connectivity index (χ1n) is 4.02.